The summed E-state index contributed by atoms with van der Waals surface area (Å²) in [6, 6.07) is 5.31. The number of Topliss-reactive ketones (excluding diaryl/α,β-unsaturated/α-hetero) is 1. The Morgan fingerprint density at radius 1 is 1.16 bits per heavy atom. The Balaban J connectivity index is 0.00000180. The molecule has 0 radical (unpaired) electrons. The van der Waals surface area contributed by atoms with Crippen molar-refractivity contribution in [2.45, 2.75) is 13.0 Å². The summed E-state index contributed by atoms with van der Waals surface area (Å²) in [6.45, 7) is 3.05. The van der Waals surface area contributed by atoms with Crippen LogP contribution in [0.4, 0.5) is 0 Å². The lowest BCUT2D eigenvalue weighted by Crippen LogP contribution is -3.00. The first-order chi connectivity index (χ1) is 8.39. The van der Waals surface area contributed by atoms with Crippen molar-refractivity contribution < 1.29 is 35.7 Å². The molecule has 1 aromatic carbocycles. The lowest BCUT2D eigenvalue weighted by Gasteiger charge is -2.30. The van der Waals surface area contributed by atoms with Crippen LogP contribution in [0.1, 0.15) is 17.3 Å². The number of nitrogens with zero attached hydrogens (tertiary/aromatic N) is 1. The molecule has 1 aliphatic heterocycles. The van der Waals surface area contributed by atoms with Crippen molar-refractivity contribution in [3.05, 3.63) is 23.8 Å². The van der Waals surface area contributed by atoms with E-state index in [1.165, 1.54) is 0 Å². The SMILES string of the molecule is CC(C(=O)c1ccc2c(c1)OCCO2)[N+](C)(C)C.[Br-]. The van der Waals surface area contributed by atoms with Crippen LogP contribution in [0.25, 0.3) is 0 Å². The Hall–Kier alpha value is -1.07. The highest BCUT2D eigenvalue weighted by Crippen LogP contribution is 2.31. The molecule has 0 fully saturated rings. The highest BCUT2D eigenvalue weighted by molar-refractivity contribution is 5.99. The number of halogens is 1. The number of ketones is 1. The molecule has 19 heavy (non-hydrogen) atoms. The molecule has 0 saturated carbocycles. The Morgan fingerprint density at radius 3 is 2.32 bits per heavy atom. The topological polar surface area (TPSA) is 35.5 Å². The number of fused-ring (bicyclic) bond motifs is 1. The van der Waals surface area contributed by atoms with E-state index in [0.29, 0.717) is 29.0 Å². The van der Waals surface area contributed by atoms with Crippen LogP contribution >= 0.6 is 0 Å². The van der Waals surface area contributed by atoms with Crippen molar-refractivity contribution in [1.29, 1.82) is 0 Å². The van der Waals surface area contributed by atoms with Gasteiger partial charge in [0, 0.05) is 5.56 Å². The highest BCUT2D eigenvalue weighted by Gasteiger charge is 2.28. The van der Waals surface area contributed by atoms with Gasteiger partial charge in [-0.3, -0.25) is 4.79 Å². The molecular weight excluding hydrogens is 310 g/mol. The third kappa shape index (κ3) is 3.48. The number of carbonyl (C=O) groups excluding carboxylic acids is 1. The van der Waals surface area contributed by atoms with Crippen LogP contribution in [0.3, 0.4) is 0 Å². The van der Waals surface area contributed by atoms with Gasteiger partial charge in [0.15, 0.2) is 11.5 Å². The van der Waals surface area contributed by atoms with E-state index < -0.39 is 0 Å². The number of benzene rings is 1. The van der Waals surface area contributed by atoms with Crippen molar-refractivity contribution in [2.24, 2.45) is 0 Å². The normalized spacial score (nSPS) is 15.4. The van der Waals surface area contributed by atoms with E-state index in [9.17, 15) is 4.79 Å². The molecule has 0 N–H and O–H groups in total. The maximum absolute atomic E-state index is 12.4. The minimum absolute atomic E-state index is 0. The summed E-state index contributed by atoms with van der Waals surface area (Å²) in [7, 11) is 6.04. The molecule has 0 saturated heterocycles. The second kappa shape index (κ2) is 5.92. The van der Waals surface area contributed by atoms with Crippen LogP contribution in [0.5, 0.6) is 11.5 Å². The molecule has 1 heterocycles. The first-order valence-electron chi connectivity index (χ1n) is 6.14. The standard InChI is InChI=1S/C14H20NO3.BrH/c1-10(15(2,3)4)14(16)11-5-6-12-13(9-11)18-8-7-17-12;/h5-6,9-10H,7-8H2,1-4H3;1H/q+1;/p-1. The zero-order valence-corrected chi connectivity index (χ0v) is 13.4. The van der Waals surface area contributed by atoms with Gasteiger partial charge in [0.05, 0.1) is 21.1 Å². The molecule has 5 heteroatoms. The molecule has 106 valence electrons. The molecule has 2 rings (SSSR count). The van der Waals surface area contributed by atoms with Crippen LogP contribution < -0.4 is 26.5 Å². The van der Waals surface area contributed by atoms with Gasteiger partial charge in [0.25, 0.3) is 0 Å². The molecule has 0 spiro atoms. The van der Waals surface area contributed by atoms with Gasteiger partial charge in [-0.1, -0.05) is 0 Å². The Labute approximate surface area is 124 Å². The second-order valence-electron chi connectivity index (χ2n) is 5.51. The first kappa shape index (κ1) is 16.0. The third-order valence-corrected chi connectivity index (χ3v) is 3.37. The van der Waals surface area contributed by atoms with E-state index in [1.54, 1.807) is 6.07 Å². The second-order valence-corrected chi connectivity index (χ2v) is 5.51. The van der Waals surface area contributed by atoms with Gasteiger partial charge in [-0.05, 0) is 25.1 Å². The van der Waals surface area contributed by atoms with Gasteiger partial charge >= 0.3 is 0 Å². The van der Waals surface area contributed by atoms with Crippen LogP contribution in [-0.2, 0) is 0 Å². The van der Waals surface area contributed by atoms with Gasteiger partial charge in [-0.15, -0.1) is 0 Å². The van der Waals surface area contributed by atoms with Crippen LogP contribution in [-0.4, -0.2) is 50.7 Å². The van der Waals surface area contributed by atoms with E-state index in [4.69, 9.17) is 9.47 Å². The maximum atomic E-state index is 12.4. The van der Waals surface area contributed by atoms with Crippen LogP contribution in [0.15, 0.2) is 18.2 Å². The molecule has 1 unspecified atom stereocenters. The number of hydrogen-bond donors (Lipinski definition) is 0. The van der Waals surface area contributed by atoms with E-state index >= 15 is 0 Å². The summed E-state index contributed by atoms with van der Waals surface area (Å²) < 4.78 is 11.5. The average Bonchev–Trinajstić information content (AvgIpc) is 2.35. The number of ether oxygens (including phenoxy) is 2. The van der Waals surface area contributed by atoms with Crippen molar-refractivity contribution in [1.82, 2.24) is 0 Å². The fourth-order valence-electron chi connectivity index (χ4n) is 1.79. The van der Waals surface area contributed by atoms with Crippen molar-refractivity contribution in [2.75, 3.05) is 34.4 Å². The quantitative estimate of drug-likeness (QED) is 0.513. The van der Waals surface area contributed by atoms with Gasteiger partial charge in [0.1, 0.15) is 19.3 Å². The monoisotopic (exact) mass is 329 g/mol. The van der Waals surface area contributed by atoms with Crippen LogP contribution in [0, 0.1) is 0 Å². The first-order valence-corrected chi connectivity index (χ1v) is 6.14. The third-order valence-electron chi connectivity index (χ3n) is 3.37. The lowest BCUT2D eigenvalue weighted by molar-refractivity contribution is -0.883. The largest absolute Gasteiger partial charge is 1.00 e. The summed E-state index contributed by atoms with van der Waals surface area (Å²) in [5, 5.41) is 0. The minimum Gasteiger partial charge on any atom is -1.00 e. The summed E-state index contributed by atoms with van der Waals surface area (Å²) in [6.07, 6.45) is 0. The molecule has 1 aromatic rings. The van der Waals surface area contributed by atoms with Gasteiger partial charge in [-0.2, -0.15) is 0 Å². The maximum Gasteiger partial charge on any atom is 0.219 e. The van der Waals surface area contributed by atoms with Crippen molar-refractivity contribution in [3.8, 4) is 11.5 Å². The van der Waals surface area contributed by atoms with Crippen LogP contribution in [0.2, 0.25) is 0 Å². The van der Waals surface area contributed by atoms with Gasteiger partial charge in [-0.25, -0.2) is 0 Å². The highest BCUT2D eigenvalue weighted by atomic mass is 79.9. The fourth-order valence-corrected chi connectivity index (χ4v) is 1.79. The van der Waals surface area contributed by atoms with Crippen molar-refractivity contribution in [3.63, 3.8) is 0 Å². The molecule has 0 aromatic heterocycles. The molecule has 0 aliphatic carbocycles. The zero-order valence-electron chi connectivity index (χ0n) is 11.8. The number of quaternary nitrogens is 1. The smallest absolute Gasteiger partial charge is 0.219 e. The molecule has 0 bridgehead atoms. The number of likely N-dealkylation sites (N-methyl/N-ethyl adjacent to an activating group) is 1. The van der Waals surface area contributed by atoms with Gasteiger partial charge in [0.2, 0.25) is 5.78 Å². The number of carbonyl (C=O) groups is 1. The average molecular weight is 330 g/mol. The summed E-state index contributed by atoms with van der Waals surface area (Å²) in [4.78, 5) is 12.4. The Kier molecular flexibility index (Phi) is 4.98. The van der Waals surface area contributed by atoms with E-state index in [1.807, 2.05) is 40.2 Å². The zero-order chi connectivity index (χ0) is 13.3. The van der Waals surface area contributed by atoms with Crippen molar-refractivity contribution >= 4 is 5.78 Å². The predicted octanol–water partition coefficient (Wildman–Crippen LogP) is -1.26. The fraction of sp³-hybridized carbons (Fsp3) is 0.500. The summed E-state index contributed by atoms with van der Waals surface area (Å²) in [5.74, 6) is 1.51. The number of rotatable bonds is 3. The molecule has 4 nitrogen and oxygen atoms in total. The number of hydrogen-bond acceptors (Lipinski definition) is 3. The molecular formula is C14H20BrNO3. The van der Waals surface area contributed by atoms with E-state index in [0.717, 1.165) is 5.75 Å². The lowest BCUT2D eigenvalue weighted by atomic mass is 10.0. The van der Waals surface area contributed by atoms with E-state index in [-0.39, 0.29) is 28.8 Å². The Morgan fingerprint density at radius 2 is 1.74 bits per heavy atom. The predicted molar refractivity (Wildman–Crippen MR) is 69.3 cm³/mol. The summed E-state index contributed by atoms with van der Waals surface area (Å²) >= 11 is 0. The minimum atomic E-state index is -0.0902. The van der Waals surface area contributed by atoms with Gasteiger partial charge < -0.3 is 30.9 Å². The Bertz CT molecular complexity index is 468. The molecule has 1 aliphatic rings. The molecule has 1 atom stereocenters. The van der Waals surface area contributed by atoms with E-state index in [2.05, 4.69) is 0 Å². The summed E-state index contributed by atoms with van der Waals surface area (Å²) in [5.41, 5.74) is 0.680. The molecule has 0 amide bonds.